The molecular formula is C9H11IN2. The van der Waals surface area contributed by atoms with Crippen LogP contribution in [0, 0.1) is 3.57 Å². The fourth-order valence-electron chi connectivity index (χ4n) is 1.42. The van der Waals surface area contributed by atoms with Crippen molar-refractivity contribution in [1.29, 1.82) is 0 Å². The first-order chi connectivity index (χ1) is 5.88. The van der Waals surface area contributed by atoms with E-state index >= 15 is 0 Å². The van der Waals surface area contributed by atoms with Gasteiger partial charge in [0.15, 0.2) is 0 Å². The largest absolute Gasteiger partial charge is 0.357 e. The number of anilines is 1. The van der Waals surface area contributed by atoms with Gasteiger partial charge in [-0.05, 0) is 34.7 Å². The van der Waals surface area contributed by atoms with Gasteiger partial charge in [-0.2, -0.15) is 0 Å². The third-order valence-corrected chi connectivity index (χ3v) is 2.97. The van der Waals surface area contributed by atoms with E-state index in [1.165, 1.54) is 9.26 Å². The molecule has 1 heterocycles. The maximum absolute atomic E-state index is 3.32. The lowest BCUT2D eigenvalue weighted by Crippen LogP contribution is -2.21. The first kappa shape index (κ1) is 8.31. The zero-order valence-corrected chi connectivity index (χ0v) is 8.91. The first-order valence-corrected chi connectivity index (χ1v) is 5.16. The normalized spacial score (nSPS) is 16.9. The van der Waals surface area contributed by atoms with Crippen molar-refractivity contribution in [3.05, 3.63) is 27.8 Å². The van der Waals surface area contributed by atoms with E-state index in [1.54, 1.807) is 0 Å². The Morgan fingerprint density at radius 3 is 2.83 bits per heavy atom. The topological polar surface area (TPSA) is 15.3 Å². The van der Waals surface area contributed by atoms with Crippen LogP contribution in [0.3, 0.4) is 0 Å². The van der Waals surface area contributed by atoms with Gasteiger partial charge in [-0.3, -0.25) is 5.32 Å². The quantitative estimate of drug-likeness (QED) is 0.783. The number of nitrogens with zero attached hydrogens (tertiary/aromatic N) is 1. The molecule has 0 bridgehead atoms. The zero-order valence-electron chi connectivity index (χ0n) is 6.76. The number of para-hydroxylation sites is 1. The SMILES string of the molecule is Ic1ccccc1N1CCNC1. The van der Waals surface area contributed by atoms with Gasteiger partial charge in [-0.1, -0.05) is 12.1 Å². The number of benzene rings is 1. The van der Waals surface area contributed by atoms with Crippen LogP contribution in [0.2, 0.25) is 0 Å². The van der Waals surface area contributed by atoms with E-state index in [9.17, 15) is 0 Å². The maximum atomic E-state index is 3.32. The molecule has 0 saturated carbocycles. The molecule has 64 valence electrons. The minimum Gasteiger partial charge on any atom is -0.357 e. The fourth-order valence-corrected chi connectivity index (χ4v) is 2.15. The van der Waals surface area contributed by atoms with Gasteiger partial charge in [0.1, 0.15) is 0 Å². The maximum Gasteiger partial charge on any atom is 0.0683 e. The molecule has 0 radical (unpaired) electrons. The summed E-state index contributed by atoms with van der Waals surface area (Å²) in [5.41, 5.74) is 1.35. The van der Waals surface area contributed by atoms with E-state index < -0.39 is 0 Å². The van der Waals surface area contributed by atoms with Crippen molar-refractivity contribution in [3.63, 3.8) is 0 Å². The number of hydrogen-bond acceptors (Lipinski definition) is 2. The van der Waals surface area contributed by atoms with E-state index in [-0.39, 0.29) is 0 Å². The van der Waals surface area contributed by atoms with Gasteiger partial charge >= 0.3 is 0 Å². The van der Waals surface area contributed by atoms with Gasteiger partial charge in [0.05, 0.1) is 12.4 Å². The Morgan fingerprint density at radius 2 is 2.17 bits per heavy atom. The Bertz CT molecular complexity index is 269. The molecular weight excluding hydrogens is 263 g/mol. The number of rotatable bonds is 1. The predicted molar refractivity (Wildman–Crippen MR) is 59.4 cm³/mol. The molecule has 0 aliphatic carbocycles. The summed E-state index contributed by atoms with van der Waals surface area (Å²) >= 11 is 2.38. The molecule has 1 N–H and O–H groups in total. The second kappa shape index (κ2) is 3.62. The second-order valence-electron chi connectivity index (χ2n) is 2.87. The summed E-state index contributed by atoms with van der Waals surface area (Å²) < 4.78 is 1.33. The van der Waals surface area contributed by atoms with Crippen LogP contribution in [0.4, 0.5) is 5.69 Å². The van der Waals surface area contributed by atoms with E-state index in [4.69, 9.17) is 0 Å². The van der Waals surface area contributed by atoms with E-state index in [0.29, 0.717) is 0 Å². The van der Waals surface area contributed by atoms with Gasteiger partial charge < -0.3 is 4.90 Å². The molecule has 12 heavy (non-hydrogen) atoms. The Hall–Kier alpha value is -0.290. The molecule has 0 spiro atoms. The molecule has 0 amide bonds. The third kappa shape index (κ3) is 1.56. The molecule has 0 atom stereocenters. The number of nitrogens with one attached hydrogen (secondary N) is 1. The van der Waals surface area contributed by atoms with Crippen LogP contribution >= 0.6 is 22.6 Å². The summed E-state index contributed by atoms with van der Waals surface area (Å²) in [5.74, 6) is 0. The molecule has 3 heteroatoms. The van der Waals surface area contributed by atoms with Gasteiger partial charge in [0, 0.05) is 16.7 Å². The Labute approximate surface area is 86.1 Å². The summed E-state index contributed by atoms with van der Waals surface area (Å²) in [5, 5.41) is 3.32. The van der Waals surface area contributed by atoms with Crippen LogP contribution in [0.25, 0.3) is 0 Å². The minimum atomic E-state index is 0.986. The lowest BCUT2D eigenvalue weighted by atomic mass is 10.3. The fraction of sp³-hybridized carbons (Fsp3) is 0.333. The van der Waals surface area contributed by atoms with Crippen molar-refractivity contribution in [3.8, 4) is 0 Å². The minimum absolute atomic E-state index is 0.986. The van der Waals surface area contributed by atoms with Crippen LogP contribution in [0.15, 0.2) is 24.3 Å². The van der Waals surface area contributed by atoms with Crippen LogP contribution in [0.5, 0.6) is 0 Å². The van der Waals surface area contributed by atoms with Crippen LogP contribution in [-0.4, -0.2) is 19.8 Å². The summed E-state index contributed by atoms with van der Waals surface area (Å²) in [6.07, 6.45) is 0. The highest BCUT2D eigenvalue weighted by Gasteiger charge is 2.12. The van der Waals surface area contributed by atoms with Crippen molar-refractivity contribution in [2.75, 3.05) is 24.7 Å². The summed E-state index contributed by atoms with van der Waals surface area (Å²) in [6.45, 7) is 3.21. The molecule has 1 aliphatic heterocycles. The van der Waals surface area contributed by atoms with Crippen molar-refractivity contribution in [2.45, 2.75) is 0 Å². The predicted octanol–water partition coefficient (Wildman–Crippen LogP) is 1.66. The summed E-state index contributed by atoms with van der Waals surface area (Å²) in [4.78, 5) is 2.36. The Balaban J connectivity index is 2.26. The second-order valence-corrected chi connectivity index (χ2v) is 4.04. The summed E-state index contributed by atoms with van der Waals surface area (Å²) in [7, 11) is 0. The number of halogens is 1. The van der Waals surface area contributed by atoms with Crippen molar-refractivity contribution in [1.82, 2.24) is 5.32 Å². The van der Waals surface area contributed by atoms with Crippen LogP contribution < -0.4 is 10.2 Å². The zero-order chi connectivity index (χ0) is 8.39. The average molecular weight is 274 g/mol. The monoisotopic (exact) mass is 274 g/mol. The average Bonchev–Trinajstić information content (AvgIpc) is 2.57. The molecule has 0 unspecified atom stereocenters. The molecule has 1 aromatic rings. The van der Waals surface area contributed by atoms with Gasteiger partial charge in [-0.25, -0.2) is 0 Å². The van der Waals surface area contributed by atoms with E-state index in [0.717, 1.165) is 19.8 Å². The van der Waals surface area contributed by atoms with Crippen molar-refractivity contribution < 1.29 is 0 Å². The van der Waals surface area contributed by atoms with Gasteiger partial charge in [0.2, 0.25) is 0 Å². The Kier molecular flexibility index (Phi) is 2.51. The van der Waals surface area contributed by atoms with E-state index in [1.807, 2.05) is 0 Å². The Morgan fingerprint density at radius 1 is 1.33 bits per heavy atom. The molecule has 1 saturated heterocycles. The highest BCUT2D eigenvalue weighted by Crippen LogP contribution is 2.22. The van der Waals surface area contributed by atoms with E-state index in [2.05, 4.69) is 57.1 Å². The highest BCUT2D eigenvalue weighted by atomic mass is 127. The lowest BCUT2D eigenvalue weighted by Gasteiger charge is -2.17. The molecule has 2 rings (SSSR count). The first-order valence-electron chi connectivity index (χ1n) is 4.08. The van der Waals surface area contributed by atoms with Crippen LogP contribution in [0.1, 0.15) is 0 Å². The third-order valence-electron chi connectivity index (χ3n) is 2.05. The number of hydrogen-bond donors (Lipinski definition) is 1. The van der Waals surface area contributed by atoms with Crippen LogP contribution in [-0.2, 0) is 0 Å². The molecule has 0 aromatic heterocycles. The summed E-state index contributed by atoms with van der Waals surface area (Å²) in [6, 6.07) is 8.49. The van der Waals surface area contributed by atoms with Crippen molar-refractivity contribution in [2.24, 2.45) is 0 Å². The van der Waals surface area contributed by atoms with Gasteiger partial charge in [-0.15, -0.1) is 0 Å². The standard InChI is InChI=1S/C9H11IN2/c10-8-3-1-2-4-9(8)12-6-5-11-7-12/h1-4,11H,5-7H2. The van der Waals surface area contributed by atoms with Crippen molar-refractivity contribution >= 4 is 28.3 Å². The molecule has 1 aromatic carbocycles. The molecule has 1 fully saturated rings. The lowest BCUT2D eigenvalue weighted by molar-refractivity contribution is 0.854. The highest BCUT2D eigenvalue weighted by molar-refractivity contribution is 14.1. The molecule has 1 aliphatic rings. The van der Waals surface area contributed by atoms with Gasteiger partial charge in [0.25, 0.3) is 0 Å². The molecule has 2 nitrogen and oxygen atoms in total. The smallest absolute Gasteiger partial charge is 0.0683 e.